The van der Waals surface area contributed by atoms with Crippen LogP contribution in [0.5, 0.6) is 0 Å². The van der Waals surface area contributed by atoms with Crippen molar-refractivity contribution in [1.82, 2.24) is 0 Å². The average Bonchev–Trinajstić information content (AvgIpc) is 2.78. The number of aliphatic hydroxyl groups excluding tert-OH is 1. The van der Waals surface area contributed by atoms with E-state index in [9.17, 15) is 9.90 Å². The molecule has 1 aliphatic heterocycles. The van der Waals surface area contributed by atoms with Gasteiger partial charge in [0, 0.05) is 11.3 Å². The third-order valence-corrected chi connectivity index (χ3v) is 4.65. The van der Waals surface area contributed by atoms with Gasteiger partial charge in [0.1, 0.15) is 0 Å². The summed E-state index contributed by atoms with van der Waals surface area (Å²) < 4.78 is -0.317. The summed E-state index contributed by atoms with van der Waals surface area (Å²) in [6.45, 7) is 1.93. The molecule has 0 saturated carbocycles. The third kappa shape index (κ3) is 2.64. The lowest BCUT2D eigenvalue weighted by molar-refractivity contribution is -0.118. The number of carbonyl (C=O) groups is 1. The van der Waals surface area contributed by atoms with Gasteiger partial charge in [0.25, 0.3) is 0 Å². The zero-order chi connectivity index (χ0) is 12.3. The predicted molar refractivity (Wildman–Crippen MR) is 71.1 cm³/mol. The molecule has 0 aromatic heterocycles. The Morgan fingerprint density at radius 3 is 2.94 bits per heavy atom. The van der Waals surface area contributed by atoms with Crippen molar-refractivity contribution in [2.75, 3.05) is 11.1 Å². The standard InChI is InChI=1S/C13H17NO2S/c1-13(7-4-8-17-13)12(16)14-11-6-3-2-5-10(11)9-15/h2-3,5-6,15H,4,7-9H2,1H3,(H,14,16). The Morgan fingerprint density at radius 2 is 2.29 bits per heavy atom. The molecule has 1 heterocycles. The predicted octanol–water partition coefficient (Wildman–Crippen LogP) is 2.40. The van der Waals surface area contributed by atoms with Crippen molar-refractivity contribution in [3.8, 4) is 0 Å². The highest BCUT2D eigenvalue weighted by Gasteiger charge is 2.37. The molecule has 1 atom stereocenters. The second-order valence-electron chi connectivity index (χ2n) is 4.45. The van der Waals surface area contributed by atoms with Gasteiger partial charge in [-0.3, -0.25) is 4.79 Å². The number of thioether (sulfide) groups is 1. The van der Waals surface area contributed by atoms with Crippen LogP contribution in [0.4, 0.5) is 5.69 Å². The van der Waals surface area contributed by atoms with E-state index in [-0.39, 0.29) is 17.3 Å². The van der Waals surface area contributed by atoms with Gasteiger partial charge in [-0.1, -0.05) is 18.2 Å². The first kappa shape index (κ1) is 12.5. The molecule has 17 heavy (non-hydrogen) atoms. The van der Waals surface area contributed by atoms with Crippen LogP contribution in [-0.4, -0.2) is 21.5 Å². The number of amides is 1. The van der Waals surface area contributed by atoms with E-state index < -0.39 is 0 Å². The summed E-state index contributed by atoms with van der Waals surface area (Å²) in [5, 5.41) is 12.1. The number of para-hydroxylation sites is 1. The van der Waals surface area contributed by atoms with Gasteiger partial charge < -0.3 is 10.4 Å². The van der Waals surface area contributed by atoms with Gasteiger partial charge in [-0.05, 0) is 31.6 Å². The number of rotatable bonds is 3. The van der Waals surface area contributed by atoms with Gasteiger partial charge in [-0.15, -0.1) is 11.8 Å². The fraction of sp³-hybridized carbons (Fsp3) is 0.462. The monoisotopic (exact) mass is 251 g/mol. The Balaban J connectivity index is 2.12. The largest absolute Gasteiger partial charge is 0.392 e. The highest BCUT2D eigenvalue weighted by atomic mass is 32.2. The molecule has 4 heteroatoms. The zero-order valence-corrected chi connectivity index (χ0v) is 10.7. The number of nitrogens with one attached hydrogen (secondary N) is 1. The minimum Gasteiger partial charge on any atom is -0.392 e. The minimum atomic E-state index is -0.317. The molecule has 0 radical (unpaired) electrons. The van der Waals surface area contributed by atoms with E-state index in [1.54, 1.807) is 11.8 Å². The van der Waals surface area contributed by atoms with E-state index in [1.807, 2.05) is 31.2 Å². The van der Waals surface area contributed by atoms with Crippen LogP contribution in [-0.2, 0) is 11.4 Å². The van der Waals surface area contributed by atoms with E-state index in [0.717, 1.165) is 24.2 Å². The van der Waals surface area contributed by atoms with Gasteiger partial charge in [-0.2, -0.15) is 0 Å². The van der Waals surface area contributed by atoms with Crippen LogP contribution in [0.25, 0.3) is 0 Å². The molecule has 0 aliphatic carbocycles. The summed E-state index contributed by atoms with van der Waals surface area (Å²) in [6.07, 6.45) is 2.01. The molecule has 3 nitrogen and oxygen atoms in total. The summed E-state index contributed by atoms with van der Waals surface area (Å²) in [7, 11) is 0. The van der Waals surface area contributed by atoms with Crippen LogP contribution >= 0.6 is 11.8 Å². The first-order chi connectivity index (χ1) is 8.15. The first-order valence-corrected chi connectivity index (χ1v) is 6.78. The number of hydrogen-bond donors (Lipinski definition) is 2. The smallest absolute Gasteiger partial charge is 0.240 e. The number of benzene rings is 1. The lowest BCUT2D eigenvalue weighted by atomic mass is 10.0. The fourth-order valence-corrected chi connectivity index (χ4v) is 3.20. The molecular formula is C13H17NO2S. The fourth-order valence-electron chi connectivity index (χ4n) is 1.99. The van der Waals surface area contributed by atoms with Crippen LogP contribution in [0.1, 0.15) is 25.3 Å². The topological polar surface area (TPSA) is 49.3 Å². The van der Waals surface area contributed by atoms with E-state index in [2.05, 4.69) is 5.32 Å². The van der Waals surface area contributed by atoms with E-state index in [1.165, 1.54) is 0 Å². The Morgan fingerprint density at radius 1 is 1.53 bits per heavy atom. The van der Waals surface area contributed by atoms with Crippen molar-refractivity contribution in [3.63, 3.8) is 0 Å². The second kappa shape index (κ2) is 5.10. The molecule has 1 fully saturated rings. The average molecular weight is 251 g/mol. The van der Waals surface area contributed by atoms with Crippen LogP contribution < -0.4 is 5.32 Å². The molecule has 1 amide bonds. The first-order valence-electron chi connectivity index (χ1n) is 5.80. The lowest BCUT2D eigenvalue weighted by Gasteiger charge is -2.22. The molecule has 1 saturated heterocycles. The highest BCUT2D eigenvalue weighted by Crippen LogP contribution is 2.38. The Hall–Kier alpha value is -1.00. The molecule has 1 aromatic carbocycles. The summed E-state index contributed by atoms with van der Waals surface area (Å²) in [5.41, 5.74) is 1.47. The Labute approximate surface area is 106 Å². The van der Waals surface area contributed by atoms with Crippen LogP contribution in [0, 0.1) is 0 Å². The summed E-state index contributed by atoms with van der Waals surface area (Å²) in [4.78, 5) is 12.2. The van der Waals surface area contributed by atoms with Crippen LogP contribution in [0.15, 0.2) is 24.3 Å². The molecule has 1 aliphatic rings. The van der Waals surface area contributed by atoms with Gasteiger partial charge in [0.15, 0.2) is 0 Å². The SMILES string of the molecule is CC1(C(=O)Nc2ccccc2CO)CCCS1. The van der Waals surface area contributed by atoms with Gasteiger partial charge in [0.2, 0.25) is 5.91 Å². The van der Waals surface area contributed by atoms with Crippen molar-refractivity contribution in [2.45, 2.75) is 31.1 Å². The molecule has 0 bridgehead atoms. The zero-order valence-electron chi connectivity index (χ0n) is 9.90. The number of carbonyl (C=O) groups excluding carboxylic acids is 1. The minimum absolute atomic E-state index is 0.0425. The van der Waals surface area contributed by atoms with E-state index in [4.69, 9.17) is 0 Å². The molecule has 1 aromatic rings. The van der Waals surface area contributed by atoms with Crippen molar-refractivity contribution in [1.29, 1.82) is 0 Å². The van der Waals surface area contributed by atoms with Gasteiger partial charge in [-0.25, -0.2) is 0 Å². The Kier molecular flexibility index (Phi) is 3.74. The third-order valence-electron chi connectivity index (χ3n) is 3.14. The van der Waals surface area contributed by atoms with E-state index in [0.29, 0.717) is 5.69 Å². The van der Waals surface area contributed by atoms with Crippen LogP contribution in [0.2, 0.25) is 0 Å². The van der Waals surface area contributed by atoms with Gasteiger partial charge >= 0.3 is 0 Å². The van der Waals surface area contributed by atoms with Crippen molar-refractivity contribution in [3.05, 3.63) is 29.8 Å². The van der Waals surface area contributed by atoms with Crippen molar-refractivity contribution in [2.24, 2.45) is 0 Å². The van der Waals surface area contributed by atoms with Gasteiger partial charge in [0.05, 0.1) is 11.4 Å². The molecule has 0 spiro atoms. The molecule has 2 N–H and O–H groups in total. The molecular weight excluding hydrogens is 234 g/mol. The summed E-state index contributed by atoms with van der Waals surface area (Å²) in [6, 6.07) is 7.36. The maximum Gasteiger partial charge on any atom is 0.240 e. The molecule has 92 valence electrons. The maximum atomic E-state index is 12.2. The quantitative estimate of drug-likeness (QED) is 0.867. The van der Waals surface area contributed by atoms with Crippen molar-refractivity contribution >= 4 is 23.4 Å². The maximum absolute atomic E-state index is 12.2. The lowest BCUT2D eigenvalue weighted by Crippen LogP contribution is -2.34. The number of hydrogen-bond acceptors (Lipinski definition) is 3. The van der Waals surface area contributed by atoms with E-state index >= 15 is 0 Å². The highest BCUT2D eigenvalue weighted by molar-refractivity contribution is 8.01. The second-order valence-corrected chi connectivity index (χ2v) is 6.05. The molecule has 1 unspecified atom stereocenters. The summed E-state index contributed by atoms with van der Waals surface area (Å²) >= 11 is 1.71. The molecule has 2 rings (SSSR count). The summed E-state index contributed by atoms with van der Waals surface area (Å²) in [5.74, 6) is 1.09. The van der Waals surface area contributed by atoms with Crippen LogP contribution in [0.3, 0.4) is 0 Å². The number of aliphatic hydroxyl groups is 1. The van der Waals surface area contributed by atoms with Crippen molar-refractivity contribution < 1.29 is 9.90 Å². The normalized spacial score (nSPS) is 23.6. The Bertz CT molecular complexity index is 414. The number of anilines is 1.